The van der Waals surface area contributed by atoms with Gasteiger partial charge < -0.3 is 0 Å². The Morgan fingerprint density at radius 2 is 0.917 bits per heavy atom. The molecule has 0 unspecified atom stereocenters. The zero-order valence-electron chi connectivity index (χ0n) is 11.2. The van der Waals surface area contributed by atoms with Crippen molar-refractivity contribution >= 4 is 69.2 Å². The van der Waals surface area contributed by atoms with E-state index in [1.807, 2.05) is 0 Å². The van der Waals surface area contributed by atoms with E-state index in [2.05, 4.69) is 10.2 Å². The van der Waals surface area contributed by atoms with Crippen molar-refractivity contribution in [1.29, 1.82) is 0 Å². The average molecular weight is 410 g/mol. The zero-order chi connectivity index (χ0) is 18.0. The van der Waals surface area contributed by atoms with Crippen molar-refractivity contribution in [2.24, 2.45) is 10.2 Å². The van der Waals surface area contributed by atoms with E-state index < -0.39 is 21.2 Å². The molecule has 124 valence electrons. The number of azo groups is 1. The number of hydrogen-bond acceptors (Lipinski definition) is 6. The Balaban J connectivity index is 2.39. The van der Waals surface area contributed by atoms with Gasteiger partial charge in [0, 0.05) is 0 Å². The van der Waals surface area contributed by atoms with Crippen LogP contribution in [-0.4, -0.2) is 9.85 Å². The van der Waals surface area contributed by atoms with Gasteiger partial charge in [0.05, 0.1) is 21.2 Å². The number of halogens is 4. The molecule has 8 nitrogen and oxygen atoms in total. The van der Waals surface area contributed by atoms with Gasteiger partial charge >= 0.3 is 11.4 Å². The minimum Gasteiger partial charge on any atom is -0.258 e. The Bertz CT molecular complexity index is 770. The SMILES string of the molecule is O=[N+]([O-])c1c(Cl)cc(N=Nc2cc(Cl)c([N+](=O)[O-])c(Cl)c2)cc1Cl. The van der Waals surface area contributed by atoms with Gasteiger partial charge in [-0.2, -0.15) is 10.2 Å². The number of nitrogens with zero attached hydrogens (tertiary/aromatic N) is 4. The maximum Gasteiger partial charge on any atom is 0.306 e. The molecule has 0 N–H and O–H groups in total. The first kappa shape index (κ1) is 18.3. The fraction of sp³-hybridized carbons (Fsp3) is 0. The van der Waals surface area contributed by atoms with Crippen molar-refractivity contribution in [2.75, 3.05) is 0 Å². The Labute approximate surface area is 153 Å². The molecular formula is C12H4Cl4N4O4. The van der Waals surface area contributed by atoms with E-state index in [1.165, 1.54) is 24.3 Å². The molecule has 0 saturated heterocycles. The highest BCUT2D eigenvalue weighted by molar-refractivity contribution is 6.39. The summed E-state index contributed by atoms with van der Waals surface area (Å²) in [5, 5.41) is 28.4. The quantitative estimate of drug-likeness (QED) is 0.324. The predicted octanol–water partition coefficient (Wildman–Crippen LogP) is 6.53. The highest BCUT2D eigenvalue weighted by Crippen LogP contribution is 2.39. The number of nitro groups is 2. The molecule has 2 aromatic carbocycles. The van der Waals surface area contributed by atoms with Crippen molar-refractivity contribution in [3.8, 4) is 0 Å². The minimum atomic E-state index is -0.721. The smallest absolute Gasteiger partial charge is 0.258 e. The van der Waals surface area contributed by atoms with Crippen molar-refractivity contribution in [3.05, 3.63) is 64.6 Å². The second kappa shape index (κ2) is 7.27. The Morgan fingerprint density at radius 1 is 0.667 bits per heavy atom. The van der Waals surface area contributed by atoms with Crippen molar-refractivity contribution in [3.63, 3.8) is 0 Å². The summed E-state index contributed by atoms with van der Waals surface area (Å²) in [5.41, 5.74) is -0.611. The van der Waals surface area contributed by atoms with Crippen LogP contribution in [-0.2, 0) is 0 Å². The Kier molecular flexibility index (Phi) is 5.55. The van der Waals surface area contributed by atoms with Gasteiger partial charge in [-0.3, -0.25) is 20.2 Å². The van der Waals surface area contributed by atoms with Crippen molar-refractivity contribution in [1.82, 2.24) is 0 Å². The Hall–Kier alpha value is -2.00. The van der Waals surface area contributed by atoms with Crippen LogP contribution in [0, 0.1) is 20.2 Å². The highest BCUT2D eigenvalue weighted by Gasteiger charge is 2.20. The summed E-state index contributed by atoms with van der Waals surface area (Å²) in [7, 11) is 0. The molecule has 0 atom stereocenters. The van der Waals surface area contributed by atoms with Crippen LogP contribution < -0.4 is 0 Å². The first-order valence-corrected chi connectivity index (χ1v) is 7.40. The van der Waals surface area contributed by atoms with Crippen LogP contribution in [0.5, 0.6) is 0 Å². The second-order valence-electron chi connectivity index (χ2n) is 4.23. The first-order chi connectivity index (χ1) is 11.2. The topological polar surface area (TPSA) is 111 Å². The molecular weight excluding hydrogens is 406 g/mol. The predicted molar refractivity (Wildman–Crippen MR) is 90.4 cm³/mol. The lowest BCUT2D eigenvalue weighted by Crippen LogP contribution is -1.90. The molecule has 0 fully saturated rings. The molecule has 0 bridgehead atoms. The molecule has 0 aliphatic carbocycles. The van der Waals surface area contributed by atoms with Crippen molar-refractivity contribution in [2.45, 2.75) is 0 Å². The monoisotopic (exact) mass is 408 g/mol. The summed E-state index contributed by atoms with van der Waals surface area (Å²) in [6.07, 6.45) is 0. The zero-order valence-corrected chi connectivity index (χ0v) is 14.3. The van der Waals surface area contributed by atoms with Gasteiger partial charge in [-0.05, 0) is 24.3 Å². The molecule has 0 aromatic heterocycles. The third-order valence-corrected chi connectivity index (χ3v) is 3.80. The standard InChI is InChI=1S/C12H4Cl4N4O4/c13-7-1-5(2-8(14)11(7)19(21)22)17-18-6-3-9(15)12(20(23)24)10(16)4-6/h1-4H. The molecule has 0 heterocycles. The lowest BCUT2D eigenvalue weighted by Gasteiger charge is -2.01. The lowest BCUT2D eigenvalue weighted by molar-refractivity contribution is -0.384. The van der Waals surface area contributed by atoms with Crippen LogP contribution in [0.3, 0.4) is 0 Å². The van der Waals surface area contributed by atoms with Crippen LogP contribution in [0.2, 0.25) is 20.1 Å². The second-order valence-corrected chi connectivity index (χ2v) is 5.86. The minimum absolute atomic E-state index is 0.140. The van der Waals surface area contributed by atoms with E-state index in [0.29, 0.717) is 0 Å². The molecule has 0 amide bonds. The van der Waals surface area contributed by atoms with Gasteiger partial charge in [0.25, 0.3) is 0 Å². The van der Waals surface area contributed by atoms with Crippen molar-refractivity contribution < 1.29 is 9.85 Å². The van der Waals surface area contributed by atoms with Crippen LogP contribution in [0.4, 0.5) is 22.7 Å². The van der Waals surface area contributed by atoms with E-state index in [-0.39, 0.29) is 31.5 Å². The fourth-order valence-electron chi connectivity index (χ4n) is 1.68. The molecule has 0 aliphatic rings. The van der Waals surface area contributed by atoms with E-state index in [1.54, 1.807) is 0 Å². The fourth-order valence-corrected chi connectivity index (χ4v) is 2.91. The third-order valence-electron chi connectivity index (χ3n) is 2.65. The van der Waals surface area contributed by atoms with Crippen LogP contribution in [0.25, 0.3) is 0 Å². The van der Waals surface area contributed by atoms with E-state index in [0.717, 1.165) is 0 Å². The van der Waals surface area contributed by atoms with Gasteiger partial charge in [0.15, 0.2) is 0 Å². The largest absolute Gasteiger partial charge is 0.306 e. The summed E-state index contributed by atoms with van der Waals surface area (Å²) in [6, 6.07) is 4.79. The molecule has 0 saturated carbocycles. The third kappa shape index (κ3) is 3.90. The van der Waals surface area contributed by atoms with Crippen LogP contribution >= 0.6 is 46.4 Å². The molecule has 0 aliphatic heterocycles. The summed E-state index contributed by atoms with van der Waals surface area (Å²) in [5.74, 6) is 0. The van der Waals surface area contributed by atoms with Gasteiger partial charge in [-0.25, -0.2) is 0 Å². The summed E-state index contributed by atoms with van der Waals surface area (Å²) >= 11 is 23.1. The van der Waals surface area contributed by atoms with E-state index in [4.69, 9.17) is 46.4 Å². The van der Waals surface area contributed by atoms with Crippen LogP contribution in [0.15, 0.2) is 34.5 Å². The summed E-state index contributed by atoms with van der Waals surface area (Å²) < 4.78 is 0. The van der Waals surface area contributed by atoms with E-state index >= 15 is 0 Å². The molecule has 2 rings (SSSR count). The number of nitro benzene ring substituents is 2. The molecule has 0 spiro atoms. The number of hydrogen-bond donors (Lipinski definition) is 0. The maximum atomic E-state index is 10.8. The van der Waals surface area contributed by atoms with Gasteiger partial charge in [-0.1, -0.05) is 46.4 Å². The van der Waals surface area contributed by atoms with Crippen LogP contribution in [0.1, 0.15) is 0 Å². The highest BCUT2D eigenvalue weighted by atomic mass is 35.5. The van der Waals surface area contributed by atoms with Gasteiger partial charge in [-0.15, -0.1) is 0 Å². The number of benzene rings is 2. The summed E-state index contributed by atoms with van der Waals surface area (Å²) in [4.78, 5) is 20.1. The lowest BCUT2D eigenvalue weighted by atomic mass is 10.3. The molecule has 2 aromatic rings. The normalized spacial score (nSPS) is 11.0. The van der Waals surface area contributed by atoms with Gasteiger partial charge in [0.2, 0.25) is 0 Å². The van der Waals surface area contributed by atoms with E-state index in [9.17, 15) is 20.2 Å². The average Bonchev–Trinajstić information content (AvgIpc) is 2.42. The summed E-state index contributed by atoms with van der Waals surface area (Å²) in [6.45, 7) is 0. The first-order valence-electron chi connectivity index (χ1n) is 5.89. The Morgan fingerprint density at radius 3 is 1.12 bits per heavy atom. The van der Waals surface area contributed by atoms with Gasteiger partial charge in [0.1, 0.15) is 20.1 Å². The molecule has 0 radical (unpaired) electrons. The maximum absolute atomic E-state index is 10.8. The number of rotatable bonds is 4. The molecule has 12 heteroatoms. The molecule has 24 heavy (non-hydrogen) atoms.